The standard InChI is InChI=1S/C20H17N3O2S/c1-14(25-17-8-3-2-4-9-17)19(24)21-16-7-5-6-15(12-16)18-13-23-10-11-26-20(23)22-18/h2-14H,1H3,(H,21,24). The number of ether oxygens (including phenoxy) is 1. The summed E-state index contributed by atoms with van der Waals surface area (Å²) in [5.74, 6) is 0.471. The number of nitrogens with one attached hydrogen (secondary N) is 1. The van der Waals surface area contributed by atoms with Crippen molar-refractivity contribution in [2.75, 3.05) is 5.32 Å². The third-order valence-electron chi connectivity index (χ3n) is 3.94. The van der Waals surface area contributed by atoms with Crippen molar-refractivity contribution in [2.45, 2.75) is 13.0 Å². The Kier molecular flexibility index (Phi) is 4.41. The minimum atomic E-state index is -0.598. The van der Waals surface area contributed by atoms with Crippen LogP contribution in [0.2, 0.25) is 0 Å². The van der Waals surface area contributed by atoms with Crippen molar-refractivity contribution >= 4 is 27.9 Å². The van der Waals surface area contributed by atoms with E-state index < -0.39 is 6.10 Å². The number of carbonyl (C=O) groups is 1. The zero-order valence-corrected chi connectivity index (χ0v) is 14.9. The first-order valence-electron chi connectivity index (χ1n) is 8.24. The van der Waals surface area contributed by atoms with Gasteiger partial charge in [0, 0.05) is 29.0 Å². The van der Waals surface area contributed by atoms with Crippen LogP contribution in [0.3, 0.4) is 0 Å². The molecule has 2 aromatic heterocycles. The van der Waals surface area contributed by atoms with Crippen molar-refractivity contribution in [1.29, 1.82) is 0 Å². The van der Waals surface area contributed by atoms with Crippen LogP contribution in [0.1, 0.15) is 6.92 Å². The zero-order chi connectivity index (χ0) is 17.9. The molecule has 1 amide bonds. The van der Waals surface area contributed by atoms with E-state index in [-0.39, 0.29) is 5.91 Å². The third-order valence-corrected chi connectivity index (χ3v) is 4.72. The van der Waals surface area contributed by atoms with Crippen LogP contribution in [0.4, 0.5) is 5.69 Å². The second-order valence-electron chi connectivity index (χ2n) is 5.86. The topological polar surface area (TPSA) is 55.6 Å². The lowest BCUT2D eigenvalue weighted by atomic mass is 10.1. The Hall–Kier alpha value is -3.12. The summed E-state index contributed by atoms with van der Waals surface area (Å²) in [7, 11) is 0. The molecule has 0 saturated carbocycles. The molecule has 1 unspecified atom stereocenters. The number of hydrogen-bond acceptors (Lipinski definition) is 4. The first-order chi connectivity index (χ1) is 12.7. The highest BCUT2D eigenvalue weighted by atomic mass is 32.1. The van der Waals surface area contributed by atoms with Crippen molar-refractivity contribution in [2.24, 2.45) is 0 Å². The van der Waals surface area contributed by atoms with Crippen LogP contribution in [0.5, 0.6) is 5.75 Å². The van der Waals surface area contributed by atoms with E-state index >= 15 is 0 Å². The molecule has 0 aliphatic rings. The highest BCUT2D eigenvalue weighted by molar-refractivity contribution is 7.15. The van der Waals surface area contributed by atoms with Crippen molar-refractivity contribution in [3.63, 3.8) is 0 Å². The van der Waals surface area contributed by atoms with Crippen molar-refractivity contribution in [3.05, 3.63) is 72.4 Å². The molecule has 0 saturated heterocycles. The van der Waals surface area contributed by atoms with Gasteiger partial charge in [0.25, 0.3) is 5.91 Å². The van der Waals surface area contributed by atoms with Gasteiger partial charge in [-0.05, 0) is 31.2 Å². The first kappa shape index (κ1) is 16.4. The predicted molar refractivity (Wildman–Crippen MR) is 104 cm³/mol. The van der Waals surface area contributed by atoms with Crippen molar-refractivity contribution in [1.82, 2.24) is 9.38 Å². The lowest BCUT2D eigenvalue weighted by Crippen LogP contribution is -2.30. The van der Waals surface area contributed by atoms with E-state index in [9.17, 15) is 4.79 Å². The van der Waals surface area contributed by atoms with Crippen LogP contribution in [-0.4, -0.2) is 21.4 Å². The summed E-state index contributed by atoms with van der Waals surface area (Å²) in [5, 5.41) is 4.90. The molecule has 1 N–H and O–H groups in total. The quantitative estimate of drug-likeness (QED) is 0.569. The molecule has 0 aliphatic heterocycles. The number of aromatic nitrogens is 2. The minimum Gasteiger partial charge on any atom is -0.481 e. The Labute approximate surface area is 154 Å². The zero-order valence-electron chi connectivity index (χ0n) is 14.1. The van der Waals surface area contributed by atoms with Gasteiger partial charge >= 0.3 is 0 Å². The molecule has 0 spiro atoms. The summed E-state index contributed by atoms with van der Waals surface area (Å²) >= 11 is 1.59. The number of thiazole rings is 1. The van der Waals surface area contributed by atoms with Crippen LogP contribution in [-0.2, 0) is 4.79 Å². The van der Waals surface area contributed by atoms with Gasteiger partial charge in [-0.25, -0.2) is 4.98 Å². The van der Waals surface area contributed by atoms with E-state index in [0.717, 1.165) is 16.2 Å². The van der Waals surface area contributed by atoms with E-state index in [2.05, 4.69) is 10.3 Å². The van der Waals surface area contributed by atoms with E-state index in [1.54, 1.807) is 18.3 Å². The minimum absolute atomic E-state index is 0.197. The highest BCUT2D eigenvalue weighted by Crippen LogP contribution is 2.24. The summed E-state index contributed by atoms with van der Waals surface area (Å²) in [6.45, 7) is 1.73. The van der Waals surface area contributed by atoms with Gasteiger partial charge < -0.3 is 10.1 Å². The molecule has 5 nitrogen and oxygen atoms in total. The van der Waals surface area contributed by atoms with Gasteiger partial charge in [0.2, 0.25) is 0 Å². The van der Waals surface area contributed by atoms with Crippen molar-refractivity contribution in [3.8, 4) is 17.0 Å². The molecular weight excluding hydrogens is 346 g/mol. The molecule has 26 heavy (non-hydrogen) atoms. The number of nitrogens with zero attached hydrogens (tertiary/aromatic N) is 2. The second-order valence-corrected chi connectivity index (χ2v) is 6.74. The lowest BCUT2D eigenvalue weighted by Gasteiger charge is -2.15. The summed E-state index contributed by atoms with van der Waals surface area (Å²) in [4.78, 5) is 18.0. The Balaban J connectivity index is 1.48. The number of rotatable bonds is 5. The molecule has 0 fully saturated rings. The molecule has 0 bridgehead atoms. The average Bonchev–Trinajstić information content (AvgIpc) is 3.25. The molecule has 4 rings (SSSR count). The SMILES string of the molecule is CC(Oc1ccccc1)C(=O)Nc1cccc(-c2cn3ccsc3n2)c1. The van der Waals surface area contributed by atoms with E-state index in [0.29, 0.717) is 11.4 Å². The van der Waals surface area contributed by atoms with Gasteiger partial charge in [-0.1, -0.05) is 30.3 Å². The van der Waals surface area contributed by atoms with Gasteiger partial charge in [0.1, 0.15) is 5.75 Å². The Bertz CT molecular complexity index is 1010. The molecule has 2 heterocycles. The summed E-state index contributed by atoms with van der Waals surface area (Å²) in [6.07, 6.45) is 3.36. The highest BCUT2D eigenvalue weighted by Gasteiger charge is 2.15. The van der Waals surface area contributed by atoms with Gasteiger partial charge in [0.05, 0.1) is 5.69 Å². The number of fused-ring (bicyclic) bond motifs is 1. The number of para-hydroxylation sites is 1. The van der Waals surface area contributed by atoms with Gasteiger partial charge in [-0.15, -0.1) is 11.3 Å². The molecule has 0 aliphatic carbocycles. The second kappa shape index (κ2) is 7.01. The summed E-state index contributed by atoms with van der Waals surface area (Å²) < 4.78 is 7.65. The maximum absolute atomic E-state index is 12.4. The maximum Gasteiger partial charge on any atom is 0.265 e. The molecule has 2 aromatic carbocycles. The number of hydrogen-bond donors (Lipinski definition) is 1. The van der Waals surface area contributed by atoms with Crippen LogP contribution in [0.25, 0.3) is 16.2 Å². The van der Waals surface area contributed by atoms with E-state index in [4.69, 9.17) is 4.74 Å². The number of anilines is 1. The van der Waals surface area contributed by atoms with Gasteiger partial charge in [-0.3, -0.25) is 9.20 Å². The summed E-state index contributed by atoms with van der Waals surface area (Å²) in [6, 6.07) is 17.0. The van der Waals surface area contributed by atoms with Crippen LogP contribution >= 0.6 is 11.3 Å². The maximum atomic E-state index is 12.4. The van der Waals surface area contributed by atoms with Crippen LogP contribution in [0, 0.1) is 0 Å². The monoisotopic (exact) mass is 363 g/mol. The predicted octanol–water partition coefficient (Wildman–Crippen LogP) is 4.47. The van der Waals surface area contributed by atoms with E-state index in [1.807, 2.05) is 76.8 Å². The number of benzene rings is 2. The smallest absolute Gasteiger partial charge is 0.265 e. The third kappa shape index (κ3) is 3.45. The first-order valence-corrected chi connectivity index (χ1v) is 9.12. The molecule has 4 aromatic rings. The Morgan fingerprint density at radius 1 is 1.19 bits per heavy atom. The molecule has 0 radical (unpaired) electrons. The average molecular weight is 363 g/mol. The normalized spacial score (nSPS) is 12.0. The Morgan fingerprint density at radius 2 is 2.04 bits per heavy atom. The largest absolute Gasteiger partial charge is 0.481 e. The van der Waals surface area contributed by atoms with Gasteiger partial charge in [-0.2, -0.15) is 0 Å². The molecule has 1 atom stereocenters. The Morgan fingerprint density at radius 3 is 2.85 bits per heavy atom. The fourth-order valence-electron chi connectivity index (χ4n) is 2.62. The molecule has 130 valence electrons. The molecular formula is C20H17N3O2S. The fourth-order valence-corrected chi connectivity index (χ4v) is 3.32. The van der Waals surface area contributed by atoms with E-state index in [1.165, 1.54) is 0 Å². The summed E-state index contributed by atoms with van der Waals surface area (Å²) in [5.41, 5.74) is 2.55. The lowest BCUT2D eigenvalue weighted by molar-refractivity contribution is -0.122. The number of carbonyl (C=O) groups excluding carboxylic acids is 1. The number of imidazole rings is 1. The molecule has 6 heteroatoms. The van der Waals surface area contributed by atoms with Gasteiger partial charge in [0.15, 0.2) is 11.1 Å². The number of amides is 1. The van der Waals surface area contributed by atoms with Crippen molar-refractivity contribution < 1.29 is 9.53 Å². The van der Waals surface area contributed by atoms with Crippen LogP contribution in [0.15, 0.2) is 72.4 Å². The van der Waals surface area contributed by atoms with Crippen LogP contribution < -0.4 is 10.1 Å². The fraction of sp³-hybridized carbons (Fsp3) is 0.100.